The monoisotopic (exact) mass is 187 g/mol. The van der Waals surface area contributed by atoms with E-state index in [-0.39, 0.29) is 14.3 Å². The Hall–Kier alpha value is 0.194. The lowest BCUT2D eigenvalue weighted by Gasteiger charge is -2.34. The van der Waals surface area contributed by atoms with Crippen LogP contribution in [0.15, 0.2) is 0 Å². The van der Waals surface area contributed by atoms with E-state index in [0.717, 1.165) is 19.4 Å². The number of rotatable bonds is 2. The molecule has 0 saturated carbocycles. The van der Waals surface area contributed by atoms with Crippen molar-refractivity contribution in [1.82, 2.24) is 0 Å². The van der Waals surface area contributed by atoms with Crippen LogP contribution in [0.1, 0.15) is 19.3 Å². The molecule has 4 heteroatoms. The first-order valence-electron chi connectivity index (χ1n) is 4.24. The second-order valence-electron chi connectivity index (χ2n) is 3.45. The van der Waals surface area contributed by atoms with Crippen LogP contribution in [-0.4, -0.2) is 29.7 Å². The Kier molecular flexibility index (Phi) is 3.15. The lowest BCUT2D eigenvalue weighted by Crippen LogP contribution is -2.49. The van der Waals surface area contributed by atoms with Gasteiger partial charge in [-0.05, 0) is 19.3 Å². The molecule has 0 aromatic carbocycles. The van der Waals surface area contributed by atoms with E-state index in [9.17, 15) is 4.46 Å². The molecule has 0 amide bonds. The Morgan fingerprint density at radius 1 is 1.45 bits per heavy atom. The van der Waals surface area contributed by atoms with Gasteiger partial charge in [0.25, 0.3) is 0 Å². The van der Waals surface area contributed by atoms with Gasteiger partial charge in [-0.3, -0.25) is 0 Å². The van der Waals surface area contributed by atoms with Crippen molar-refractivity contribution in [2.24, 2.45) is 0 Å². The topological polar surface area (TPSA) is 26.3 Å². The van der Waals surface area contributed by atoms with Crippen LogP contribution < -0.4 is 0 Å². The third-order valence-electron chi connectivity index (χ3n) is 2.41. The third-order valence-corrected chi connectivity index (χ3v) is 7.55. The van der Waals surface area contributed by atoms with E-state index >= 15 is 0 Å². The first kappa shape index (κ1) is 9.28. The van der Waals surface area contributed by atoms with Crippen molar-refractivity contribution in [1.29, 1.82) is 0 Å². The Morgan fingerprint density at radius 3 is 2.45 bits per heavy atom. The molecule has 0 spiro atoms. The van der Waals surface area contributed by atoms with Gasteiger partial charge >= 0.3 is 9.41 Å². The van der Waals surface area contributed by atoms with Gasteiger partial charge in [0.2, 0.25) is 0 Å². The van der Waals surface area contributed by atoms with Gasteiger partial charge in [0, 0.05) is 6.61 Å². The molecule has 1 aliphatic rings. The number of hydrogen-bond donors (Lipinski definition) is 0. The summed E-state index contributed by atoms with van der Waals surface area (Å²) < 4.78 is 16.6. The molecule has 0 bridgehead atoms. The van der Waals surface area contributed by atoms with E-state index in [1.807, 2.05) is 0 Å². The zero-order valence-electron chi connectivity index (χ0n) is 7.22. The largest absolute Gasteiger partial charge is 0.382 e. The molecule has 11 heavy (non-hydrogen) atoms. The average molecular weight is 187 g/mol. The van der Waals surface area contributed by atoms with Crippen LogP contribution in [0.5, 0.6) is 0 Å². The van der Waals surface area contributed by atoms with Crippen molar-refractivity contribution in [3.8, 4) is 0 Å². The van der Waals surface area contributed by atoms with Crippen LogP contribution in [0.25, 0.3) is 0 Å². The summed E-state index contributed by atoms with van der Waals surface area (Å²) >= 11 is 0. The predicted molar refractivity (Wildman–Crippen MR) is 47.9 cm³/mol. The van der Waals surface area contributed by atoms with Crippen molar-refractivity contribution in [3.05, 3.63) is 0 Å². The number of ether oxygens (including phenoxy) is 1. The quantitative estimate of drug-likeness (QED) is 0.602. The van der Waals surface area contributed by atoms with Crippen LogP contribution in [-0.2, 0) is 9.20 Å². The predicted octanol–water partition coefficient (Wildman–Crippen LogP) is 0.959. The van der Waals surface area contributed by atoms with Crippen LogP contribution >= 0.6 is 0 Å². The Morgan fingerprint density at radius 2 is 2.18 bits per heavy atom. The van der Waals surface area contributed by atoms with Gasteiger partial charge in [0.15, 0.2) is 0 Å². The summed E-state index contributed by atoms with van der Waals surface area (Å²) in [6.07, 6.45) is 3.37. The SMILES string of the molecule is C[SiH](C)C1([Si]=O)CCCCO1. The van der Waals surface area contributed by atoms with E-state index in [1.54, 1.807) is 0 Å². The van der Waals surface area contributed by atoms with Crippen molar-refractivity contribution in [2.45, 2.75) is 37.2 Å². The highest BCUT2D eigenvalue weighted by Crippen LogP contribution is 2.24. The molecule has 1 fully saturated rings. The van der Waals surface area contributed by atoms with Crippen LogP contribution in [0.4, 0.5) is 0 Å². The second kappa shape index (κ2) is 3.73. The molecule has 1 rings (SSSR count). The molecule has 0 aliphatic carbocycles. The van der Waals surface area contributed by atoms with Crippen LogP contribution in [0, 0.1) is 0 Å². The lowest BCUT2D eigenvalue weighted by molar-refractivity contribution is 0.0287. The maximum Gasteiger partial charge on any atom is 0.357 e. The van der Waals surface area contributed by atoms with Crippen LogP contribution in [0.3, 0.4) is 0 Å². The van der Waals surface area contributed by atoms with Gasteiger partial charge in [-0.2, -0.15) is 0 Å². The molecule has 0 aromatic rings. The third kappa shape index (κ3) is 1.86. The molecule has 1 heterocycles. The fourth-order valence-corrected chi connectivity index (χ4v) is 4.09. The first-order chi connectivity index (χ1) is 5.21. The summed E-state index contributed by atoms with van der Waals surface area (Å²) in [5, 5.41) is 0. The molecule has 0 N–H and O–H groups in total. The highest BCUT2D eigenvalue weighted by Gasteiger charge is 2.38. The second-order valence-corrected chi connectivity index (χ2v) is 8.32. The molecule has 1 unspecified atom stereocenters. The van der Waals surface area contributed by atoms with E-state index in [0.29, 0.717) is 0 Å². The smallest absolute Gasteiger partial charge is 0.357 e. The zero-order chi connectivity index (χ0) is 8.32. The molecule has 63 valence electrons. The minimum Gasteiger partial charge on any atom is -0.382 e. The molecule has 0 aromatic heterocycles. The van der Waals surface area contributed by atoms with E-state index in [2.05, 4.69) is 13.1 Å². The molecule has 2 nitrogen and oxygen atoms in total. The summed E-state index contributed by atoms with van der Waals surface area (Å²) in [6, 6.07) is 0. The maximum absolute atomic E-state index is 11.0. The van der Waals surface area contributed by atoms with Crippen molar-refractivity contribution in [2.75, 3.05) is 6.61 Å². The van der Waals surface area contributed by atoms with Gasteiger partial charge in [-0.1, -0.05) is 13.1 Å². The summed E-state index contributed by atoms with van der Waals surface area (Å²) in [6.45, 7) is 5.26. The summed E-state index contributed by atoms with van der Waals surface area (Å²) in [5.41, 5.74) is 0. The van der Waals surface area contributed by atoms with Crippen molar-refractivity contribution >= 4 is 18.2 Å². The van der Waals surface area contributed by atoms with E-state index in [4.69, 9.17) is 4.74 Å². The highest BCUT2D eigenvalue weighted by molar-refractivity contribution is 6.69. The maximum atomic E-state index is 11.0. The van der Waals surface area contributed by atoms with Gasteiger partial charge in [0.1, 0.15) is 4.85 Å². The molecule has 1 saturated heterocycles. The normalized spacial score (nSPS) is 32.3. The van der Waals surface area contributed by atoms with Gasteiger partial charge in [0.05, 0.1) is 8.80 Å². The Bertz CT molecular complexity index is 141. The molecular formula is C7H15O2Si2. The van der Waals surface area contributed by atoms with Crippen LogP contribution in [0.2, 0.25) is 13.1 Å². The van der Waals surface area contributed by atoms with Gasteiger partial charge in [-0.15, -0.1) is 0 Å². The fourth-order valence-electron chi connectivity index (χ4n) is 1.47. The first-order valence-corrected chi connectivity index (χ1v) is 8.04. The fraction of sp³-hybridized carbons (Fsp3) is 1.00. The zero-order valence-corrected chi connectivity index (χ0v) is 9.38. The van der Waals surface area contributed by atoms with Gasteiger partial charge < -0.3 is 9.20 Å². The number of hydrogen-bond acceptors (Lipinski definition) is 2. The standard InChI is InChI=1S/C7H15O2Si2/c1-11(2)7(10-8)5-3-4-6-9-7/h11H,3-6H2,1-2H3. The van der Waals surface area contributed by atoms with E-state index in [1.165, 1.54) is 6.42 Å². The van der Waals surface area contributed by atoms with E-state index < -0.39 is 8.80 Å². The highest BCUT2D eigenvalue weighted by atomic mass is 28.3. The molecule has 1 atom stereocenters. The average Bonchev–Trinajstić information content (AvgIpc) is 2.05. The summed E-state index contributed by atoms with van der Waals surface area (Å²) in [7, 11) is -1.16. The Labute approximate surface area is 71.8 Å². The summed E-state index contributed by atoms with van der Waals surface area (Å²) in [4.78, 5) is -0.168. The van der Waals surface area contributed by atoms with Gasteiger partial charge in [-0.25, -0.2) is 0 Å². The van der Waals surface area contributed by atoms with Crippen molar-refractivity contribution < 1.29 is 9.20 Å². The lowest BCUT2D eigenvalue weighted by atomic mass is 10.2. The molecule has 1 aliphatic heterocycles. The van der Waals surface area contributed by atoms with Crippen molar-refractivity contribution in [3.63, 3.8) is 0 Å². The summed E-state index contributed by atoms with van der Waals surface area (Å²) in [5.74, 6) is 0. The Balaban J connectivity index is 2.64. The molecule has 1 radical (unpaired) electrons. The minimum absolute atomic E-state index is 0.168. The minimum atomic E-state index is -0.910. The molecular weight excluding hydrogens is 172 g/mol.